The normalized spacial score (nSPS) is 13.6. The molecular formula is C11H14FNO4S. The number of carbonyl (C=O) groups is 1. The molecule has 1 rings (SSSR count). The predicted octanol–water partition coefficient (Wildman–Crippen LogP) is 1.24. The Morgan fingerprint density at radius 1 is 1.44 bits per heavy atom. The molecule has 0 saturated heterocycles. The van der Waals surface area contributed by atoms with Gasteiger partial charge in [-0.3, -0.25) is 9.78 Å². The molecule has 0 fully saturated rings. The topological polar surface area (TPSA) is 84.3 Å². The van der Waals surface area contributed by atoms with Gasteiger partial charge in [-0.1, -0.05) is 13.8 Å². The number of pyridine rings is 1. The SMILES string of the molecule is CC(C)C(C(=O)O)S(=O)(=O)Cc1cncc(F)c1. The zero-order valence-electron chi connectivity index (χ0n) is 10.00. The van der Waals surface area contributed by atoms with Crippen LogP contribution in [0.2, 0.25) is 0 Å². The molecule has 1 atom stereocenters. The first-order valence-electron chi connectivity index (χ1n) is 5.28. The summed E-state index contributed by atoms with van der Waals surface area (Å²) in [5.41, 5.74) is 0.141. The van der Waals surface area contributed by atoms with Crippen molar-refractivity contribution in [3.8, 4) is 0 Å². The number of carboxylic acids is 1. The Hall–Kier alpha value is -1.50. The second-order valence-corrected chi connectivity index (χ2v) is 6.44. The minimum Gasteiger partial charge on any atom is -0.480 e. The standard InChI is InChI=1S/C11H14FNO4S/c1-7(2)10(11(14)15)18(16,17)6-8-3-9(12)5-13-4-8/h3-5,7,10H,6H2,1-2H3,(H,14,15). The van der Waals surface area contributed by atoms with E-state index in [4.69, 9.17) is 5.11 Å². The average Bonchev–Trinajstić information content (AvgIpc) is 2.13. The highest BCUT2D eigenvalue weighted by molar-refractivity contribution is 7.92. The molecule has 0 radical (unpaired) electrons. The van der Waals surface area contributed by atoms with Gasteiger partial charge < -0.3 is 5.11 Å². The van der Waals surface area contributed by atoms with E-state index in [1.54, 1.807) is 0 Å². The van der Waals surface area contributed by atoms with Crippen molar-refractivity contribution in [2.24, 2.45) is 5.92 Å². The van der Waals surface area contributed by atoms with Crippen molar-refractivity contribution < 1.29 is 22.7 Å². The van der Waals surface area contributed by atoms with Crippen LogP contribution in [0.15, 0.2) is 18.5 Å². The first kappa shape index (κ1) is 14.6. The monoisotopic (exact) mass is 275 g/mol. The first-order chi connectivity index (χ1) is 8.24. The maximum absolute atomic E-state index is 12.9. The number of sulfone groups is 1. The third-order valence-electron chi connectivity index (χ3n) is 2.37. The van der Waals surface area contributed by atoms with E-state index in [-0.39, 0.29) is 5.56 Å². The number of hydrogen-bond acceptors (Lipinski definition) is 4. The molecule has 1 aromatic rings. The molecule has 100 valence electrons. The van der Waals surface area contributed by atoms with Crippen LogP contribution in [0.25, 0.3) is 0 Å². The van der Waals surface area contributed by atoms with Gasteiger partial charge >= 0.3 is 5.97 Å². The molecule has 0 aliphatic carbocycles. The summed E-state index contributed by atoms with van der Waals surface area (Å²) < 4.78 is 36.8. The molecule has 0 aliphatic rings. The van der Waals surface area contributed by atoms with Crippen LogP contribution in [0.1, 0.15) is 19.4 Å². The summed E-state index contributed by atoms with van der Waals surface area (Å²) in [5.74, 6) is -3.14. The molecule has 7 heteroatoms. The Bertz CT molecular complexity index is 542. The van der Waals surface area contributed by atoms with Gasteiger partial charge in [-0.15, -0.1) is 0 Å². The lowest BCUT2D eigenvalue weighted by Crippen LogP contribution is -2.35. The second kappa shape index (κ2) is 5.43. The van der Waals surface area contributed by atoms with E-state index in [1.165, 1.54) is 20.0 Å². The third kappa shape index (κ3) is 3.49. The number of aromatic nitrogens is 1. The van der Waals surface area contributed by atoms with Gasteiger partial charge in [-0.05, 0) is 17.5 Å². The van der Waals surface area contributed by atoms with Crippen molar-refractivity contribution in [1.82, 2.24) is 4.98 Å². The van der Waals surface area contributed by atoms with Crippen molar-refractivity contribution in [3.05, 3.63) is 29.8 Å². The Morgan fingerprint density at radius 2 is 2.06 bits per heavy atom. The van der Waals surface area contributed by atoms with Gasteiger partial charge in [-0.25, -0.2) is 12.8 Å². The molecule has 1 heterocycles. The van der Waals surface area contributed by atoms with Crippen molar-refractivity contribution in [2.45, 2.75) is 24.9 Å². The highest BCUT2D eigenvalue weighted by Gasteiger charge is 2.35. The summed E-state index contributed by atoms with van der Waals surface area (Å²) in [6.45, 7) is 3.03. The quantitative estimate of drug-likeness (QED) is 0.874. The first-order valence-corrected chi connectivity index (χ1v) is 6.99. The Labute approximate surface area is 105 Å². The lowest BCUT2D eigenvalue weighted by atomic mass is 10.1. The van der Waals surface area contributed by atoms with E-state index in [0.29, 0.717) is 0 Å². The molecule has 18 heavy (non-hydrogen) atoms. The van der Waals surface area contributed by atoms with Gasteiger partial charge in [0.2, 0.25) is 0 Å². The van der Waals surface area contributed by atoms with Crippen LogP contribution in [0.3, 0.4) is 0 Å². The van der Waals surface area contributed by atoms with Crippen LogP contribution in [0.4, 0.5) is 4.39 Å². The molecule has 0 aliphatic heterocycles. The zero-order valence-corrected chi connectivity index (χ0v) is 10.8. The van der Waals surface area contributed by atoms with E-state index in [9.17, 15) is 17.6 Å². The zero-order chi connectivity index (χ0) is 13.9. The molecule has 1 unspecified atom stereocenters. The number of hydrogen-bond donors (Lipinski definition) is 1. The average molecular weight is 275 g/mol. The summed E-state index contributed by atoms with van der Waals surface area (Å²) in [6, 6.07) is 1.03. The number of aliphatic carboxylic acids is 1. The van der Waals surface area contributed by atoms with Gasteiger partial charge in [0.1, 0.15) is 5.82 Å². The van der Waals surface area contributed by atoms with Crippen LogP contribution >= 0.6 is 0 Å². The van der Waals surface area contributed by atoms with Crippen LogP contribution in [0, 0.1) is 11.7 Å². The lowest BCUT2D eigenvalue weighted by molar-refractivity contribution is -0.137. The molecule has 0 bridgehead atoms. The molecule has 1 aromatic heterocycles. The molecule has 0 amide bonds. The fourth-order valence-electron chi connectivity index (χ4n) is 1.71. The third-order valence-corrected chi connectivity index (χ3v) is 4.62. The maximum atomic E-state index is 12.9. The van der Waals surface area contributed by atoms with E-state index in [2.05, 4.69) is 4.98 Å². The molecule has 0 spiro atoms. The molecule has 1 N–H and O–H groups in total. The highest BCUT2D eigenvalue weighted by atomic mass is 32.2. The summed E-state index contributed by atoms with van der Waals surface area (Å²) >= 11 is 0. The highest BCUT2D eigenvalue weighted by Crippen LogP contribution is 2.18. The van der Waals surface area contributed by atoms with Crippen molar-refractivity contribution in [1.29, 1.82) is 0 Å². The summed E-state index contributed by atoms with van der Waals surface area (Å²) in [6.07, 6.45) is 2.16. The van der Waals surface area contributed by atoms with Gasteiger partial charge in [0.25, 0.3) is 0 Å². The second-order valence-electron chi connectivity index (χ2n) is 4.32. The Balaban J connectivity index is 3.04. The van der Waals surface area contributed by atoms with E-state index < -0.39 is 38.5 Å². The van der Waals surface area contributed by atoms with E-state index in [1.807, 2.05) is 0 Å². The minimum atomic E-state index is -3.90. The van der Waals surface area contributed by atoms with Crippen molar-refractivity contribution >= 4 is 15.8 Å². The lowest BCUT2D eigenvalue weighted by Gasteiger charge is -2.16. The minimum absolute atomic E-state index is 0.141. The summed E-state index contributed by atoms with van der Waals surface area (Å²) in [7, 11) is -3.90. The van der Waals surface area contributed by atoms with E-state index in [0.717, 1.165) is 12.3 Å². The van der Waals surface area contributed by atoms with E-state index >= 15 is 0 Å². The van der Waals surface area contributed by atoms with Gasteiger partial charge in [-0.2, -0.15) is 0 Å². The Morgan fingerprint density at radius 3 is 2.50 bits per heavy atom. The molecule has 5 nitrogen and oxygen atoms in total. The molecular weight excluding hydrogens is 261 g/mol. The largest absolute Gasteiger partial charge is 0.480 e. The van der Waals surface area contributed by atoms with Gasteiger partial charge in [0.05, 0.1) is 11.9 Å². The van der Waals surface area contributed by atoms with Gasteiger partial charge in [0.15, 0.2) is 15.1 Å². The maximum Gasteiger partial charge on any atom is 0.322 e. The molecule has 0 aromatic carbocycles. The number of rotatable bonds is 5. The van der Waals surface area contributed by atoms with Crippen LogP contribution < -0.4 is 0 Å². The fraction of sp³-hybridized carbons (Fsp3) is 0.455. The van der Waals surface area contributed by atoms with Gasteiger partial charge in [0, 0.05) is 6.20 Å². The number of halogens is 1. The summed E-state index contributed by atoms with van der Waals surface area (Å²) in [5, 5.41) is 7.44. The number of nitrogens with zero attached hydrogens (tertiary/aromatic N) is 1. The Kier molecular flexibility index (Phi) is 4.39. The summed E-state index contributed by atoms with van der Waals surface area (Å²) in [4.78, 5) is 14.5. The predicted molar refractivity (Wildman–Crippen MR) is 63.1 cm³/mol. The number of carboxylic acid groups (broad SMARTS) is 1. The fourth-order valence-corrected chi connectivity index (χ4v) is 3.65. The van der Waals surface area contributed by atoms with Crippen LogP contribution in [-0.2, 0) is 20.4 Å². The van der Waals surface area contributed by atoms with Crippen molar-refractivity contribution in [3.63, 3.8) is 0 Å². The smallest absolute Gasteiger partial charge is 0.322 e. The molecule has 0 saturated carbocycles. The van der Waals surface area contributed by atoms with Crippen LogP contribution in [0.5, 0.6) is 0 Å². The van der Waals surface area contributed by atoms with Crippen molar-refractivity contribution in [2.75, 3.05) is 0 Å². The van der Waals surface area contributed by atoms with Crippen LogP contribution in [-0.4, -0.2) is 29.7 Å².